The van der Waals surface area contributed by atoms with E-state index in [1.165, 1.54) is 7.11 Å². The highest BCUT2D eigenvalue weighted by Gasteiger charge is 2.29. The Hall–Kier alpha value is -0.280. The predicted molar refractivity (Wildman–Crippen MR) is 53.7 cm³/mol. The lowest BCUT2D eigenvalue weighted by Crippen LogP contribution is -2.37. The van der Waals surface area contributed by atoms with E-state index in [0.717, 1.165) is 19.3 Å². The Morgan fingerprint density at radius 1 is 1.46 bits per heavy atom. The van der Waals surface area contributed by atoms with E-state index in [9.17, 15) is 4.79 Å². The van der Waals surface area contributed by atoms with Crippen molar-refractivity contribution in [3.05, 3.63) is 0 Å². The number of carbonyl (C=O) groups excluding carboxylic acids is 1. The topological polar surface area (TPSA) is 52.3 Å². The molecule has 13 heavy (non-hydrogen) atoms. The molecule has 0 bridgehead atoms. The Labute approximate surface area is 85.4 Å². The maximum Gasteiger partial charge on any atom is 0.308 e. The third-order valence-electron chi connectivity index (χ3n) is 2.79. The van der Waals surface area contributed by atoms with Crippen molar-refractivity contribution >= 4 is 18.4 Å². The van der Waals surface area contributed by atoms with Gasteiger partial charge in [-0.3, -0.25) is 4.79 Å². The van der Waals surface area contributed by atoms with Crippen molar-refractivity contribution in [1.29, 1.82) is 0 Å². The molecule has 0 heterocycles. The summed E-state index contributed by atoms with van der Waals surface area (Å²) in [4.78, 5) is 11.1. The lowest BCUT2D eigenvalue weighted by Gasteiger charge is -2.30. The van der Waals surface area contributed by atoms with Gasteiger partial charge in [-0.05, 0) is 25.2 Å². The van der Waals surface area contributed by atoms with Gasteiger partial charge in [-0.2, -0.15) is 0 Å². The standard InChI is InChI=1S/C9H17NO2.ClH/c1-6-3-4-7(5-8(6)10)9(11)12-2;/h6-8H,3-5,10H2,1-2H3;1H/t6-,7+,8+;/m0./s1. The zero-order valence-corrected chi connectivity index (χ0v) is 8.97. The number of rotatable bonds is 1. The Bertz CT molecular complexity index is 175. The average Bonchev–Trinajstić information content (AvgIpc) is 2.08. The number of esters is 1. The minimum Gasteiger partial charge on any atom is -0.469 e. The summed E-state index contributed by atoms with van der Waals surface area (Å²) in [6, 6.07) is 0.169. The van der Waals surface area contributed by atoms with Gasteiger partial charge >= 0.3 is 5.97 Å². The largest absolute Gasteiger partial charge is 0.469 e. The molecule has 0 saturated heterocycles. The molecular weight excluding hydrogens is 190 g/mol. The highest BCUT2D eigenvalue weighted by atomic mass is 35.5. The molecule has 78 valence electrons. The van der Waals surface area contributed by atoms with E-state index in [-0.39, 0.29) is 30.3 Å². The molecule has 0 unspecified atom stereocenters. The highest BCUT2D eigenvalue weighted by molar-refractivity contribution is 5.85. The van der Waals surface area contributed by atoms with Crippen LogP contribution in [-0.4, -0.2) is 19.1 Å². The molecular formula is C9H18ClNO2. The number of methoxy groups -OCH3 is 1. The van der Waals surface area contributed by atoms with Crippen molar-refractivity contribution in [2.45, 2.75) is 32.2 Å². The smallest absolute Gasteiger partial charge is 0.308 e. The van der Waals surface area contributed by atoms with Crippen LogP contribution in [-0.2, 0) is 9.53 Å². The lowest BCUT2D eigenvalue weighted by molar-refractivity contribution is -0.147. The molecule has 0 amide bonds. The van der Waals surface area contributed by atoms with Gasteiger partial charge in [0, 0.05) is 6.04 Å². The van der Waals surface area contributed by atoms with E-state index >= 15 is 0 Å². The summed E-state index contributed by atoms with van der Waals surface area (Å²) in [6.07, 6.45) is 2.76. The summed E-state index contributed by atoms with van der Waals surface area (Å²) >= 11 is 0. The number of halogens is 1. The first-order chi connectivity index (χ1) is 5.65. The molecule has 2 N–H and O–H groups in total. The lowest BCUT2D eigenvalue weighted by atomic mass is 9.80. The van der Waals surface area contributed by atoms with Gasteiger partial charge in [0.15, 0.2) is 0 Å². The molecule has 4 heteroatoms. The van der Waals surface area contributed by atoms with Crippen LogP contribution in [0.15, 0.2) is 0 Å². The van der Waals surface area contributed by atoms with E-state index in [4.69, 9.17) is 5.73 Å². The second-order valence-corrected chi connectivity index (χ2v) is 3.67. The monoisotopic (exact) mass is 207 g/mol. The third kappa shape index (κ3) is 3.16. The first-order valence-electron chi connectivity index (χ1n) is 4.48. The van der Waals surface area contributed by atoms with Crippen molar-refractivity contribution < 1.29 is 9.53 Å². The molecule has 1 fully saturated rings. The predicted octanol–water partition coefficient (Wildman–Crippen LogP) is 1.34. The fraction of sp³-hybridized carbons (Fsp3) is 0.889. The van der Waals surface area contributed by atoms with Crippen LogP contribution in [0.2, 0.25) is 0 Å². The first-order valence-corrected chi connectivity index (χ1v) is 4.48. The van der Waals surface area contributed by atoms with Crippen LogP contribution in [0.25, 0.3) is 0 Å². The molecule has 3 atom stereocenters. The summed E-state index contributed by atoms with van der Waals surface area (Å²) in [5.41, 5.74) is 5.85. The normalized spacial score (nSPS) is 33.3. The number of nitrogens with two attached hydrogens (primary N) is 1. The van der Waals surface area contributed by atoms with E-state index in [2.05, 4.69) is 11.7 Å². The minimum atomic E-state index is -0.0997. The molecule has 0 aromatic carbocycles. The Balaban J connectivity index is 0.00000144. The highest BCUT2D eigenvalue weighted by Crippen LogP contribution is 2.28. The quantitative estimate of drug-likeness (QED) is 0.661. The van der Waals surface area contributed by atoms with Crippen LogP contribution >= 0.6 is 12.4 Å². The number of hydrogen-bond donors (Lipinski definition) is 1. The number of ether oxygens (including phenoxy) is 1. The number of carbonyl (C=O) groups is 1. The van der Waals surface area contributed by atoms with Crippen molar-refractivity contribution in [1.82, 2.24) is 0 Å². The van der Waals surface area contributed by atoms with Crippen molar-refractivity contribution in [3.8, 4) is 0 Å². The molecule has 0 aromatic heterocycles. The van der Waals surface area contributed by atoms with Gasteiger partial charge in [0.1, 0.15) is 0 Å². The van der Waals surface area contributed by atoms with Crippen LogP contribution in [0.1, 0.15) is 26.2 Å². The second-order valence-electron chi connectivity index (χ2n) is 3.67. The minimum absolute atomic E-state index is 0. The van der Waals surface area contributed by atoms with Crippen molar-refractivity contribution in [2.24, 2.45) is 17.6 Å². The Morgan fingerprint density at radius 3 is 2.54 bits per heavy atom. The Kier molecular flexibility index (Phi) is 5.33. The molecule has 1 aliphatic rings. The fourth-order valence-corrected chi connectivity index (χ4v) is 1.74. The second kappa shape index (κ2) is 5.45. The molecule has 3 nitrogen and oxygen atoms in total. The van der Waals surface area contributed by atoms with Gasteiger partial charge in [0.2, 0.25) is 0 Å². The molecule has 1 aliphatic carbocycles. The van der Waals surface area contributed by atoms with Gasteiger partial charge < -0.3 is 10.5 Å². The van der Waals surface area contributed by atoms with E-state index < -0.39 is 0 Å². The first kappa shape index (κ1) is 12.7. The number of hydrogen-bond acceptors (Lipinski definition) is 3. The van der Waals surface area contributed by atoms with Gasteiger partial charge in [-0.15, -0.1) is 12.4 Å². The van der Waals surface area contributed by atoms with Gasteiger partial charge in [0.05, 0.1) is 13.0 Å². The van der Waals surface area contributed by atoms with Crippen molar-refractivity contribution in [3.63, 3.8) is 0 Å². The van der Waals surface area contributed by atoms with E-state index in [1.54, 1.807) is 0 Å². The van der Waals surface area contributed by atoms with Gasteiger partial charge in [0.25, 0.3) is 0 Å². The van der Waals surface area contributed by atoms with Crippen LogP contribution in [0.3, 0.4) is 0 Å². The van der Waals surface area contributed by atoms with Crippen LogP contribution in [0, 0.1) is 11.8 Å². The fourth-order valence-electron chi connectivity index (χ4n) is 1.74. The summed E-state index contributed by atoms with van der Waals surface area (Å²) in [5.74, 6) is 0.490. The van der Waals surface area contributed by atoms with E-state index in [1.807, 2.05) is 0 Å². The molecule has 1 rings (SSSR count). The van der Waals surface area contributed by atoms with Crippen LogP contribution in [0.4, 0.5) is 0 Å². The zero-order chi connectivity index (χ0) is 9.14. The van der Waals surface area contributed by atoms with Crippen molar-refractivity contribution in [2.75, 3.05) is 7.11 Å². The molecule has 0 aliphatic heterocycles. The average molecular weight is 208 g/mol. The third-order valence-corrected chi connectivity index (χ3v) is 2.79. The molecule has 0 aromatic rings. The summed E-state index contributed by atoms with van der Waals surface area (Å²) in [5, 5.41) is 0. The molecule has 0 spiro atoms. The van der Waals surface area contributed by atoms with Crippen LogP contribution in [0.5, 0.6) is 0 Å². The zero-order valence-electron chi connectivity index (χ0n) is 8.16. The Morgan fingerprint density at radius 2 is 2.08 bits per heavy atom. The van der Waals surface area contributed by atoms with Crippen LogP contribution < -0.4 is 5.73 Å². The SMILES string of the molecule is COC(=O)[C@@H]1CC[C@H](C)[C@H](N)C1.Cl. The summed E-state index contributed by atoms with van der Waals surface area (Å²) < 4.78 is 4.68. The maximum absolute atomic E-state index is 11.1. The van der Waals surface area contributed by atoms with Gasteiger partial charge in [-0.25, -0.2) is 0 Å². The van der Waals surface area contributed by atoms with E-state index in [0.29, 0.717) is 5.92 Å². The maximum atomic E-state index is 11.1. The molecule has 0 radical (unpaired) electrons. The summed E-state index contributed by atoms with van der Waals surface area (Å²) in [7, 11) is 1.44. The molecule has 1 saturated carbocycles. The van der Waals surface area contributed by atoms with Gasteiger partial charge in [-0.1, -0.05) is 6.92 Å². The summed E-state index contributed by atoms with van der Waals surface area (Å²) in [6.45, 7) is 2.14.